The summed E-state index contributed by atoms with van der Waals surface area (Å²) in [5, 5.41) is 16.6. The van der Waals surface area contributed by atoms with Crippen molar-refractivity contribution in [2.24, 2.45) is 0 Å². The van der Waals surface area contributed by atoms with E-state index in [1.807, 2.05) is 0 Å². The molecule has 1 N–H and O–H groups in total. The van der Waals surface area contributed by atoms with Gasteiger partial charge in [0.25, 0.3) is 0 Å². The Balaban J connectivity index is 2.42. The van der Waals surface area contributed by atoms with Crippen LogP contribution in [0, 0.1) is 0 Å². The molecule has 1 aromatic heterocycles. The van der Waals surface area contributed by atoms with E-state index in [-0.39, 0.29) is 6.54 Å². The maximum Gasteiger partial charge on any atom is 0.327 e. The van der Waals surface area contributed by atoms with Crippen molar-refractivity contribution in [2.75, 3.05) is 7.11 Å². The van der Waals surface area contributed by atoms with Gasteiger partial charge in [0.2, 0.25) is 0 Å². The van der Waals surface area contributed by atoms with Crippen LogP contribution in [0.15, 0.2) is 18.2 Å². The summed E-state index contributed by atoms with van der Waals surface area (Å²) in [6, 6.07) is 5.20. The Bertz CT molecular complexity index is 506. The van der Waals surface area contributed by atoms with E-state index in [0.717, 1.165) is 4.80 Å². The average Bonchev–Trinajstić information content (AvgIpc) is 2.57. The first-order valence-corrected chi connectivity index (χ1v) is 4.30. The standard InChI is InChI=1S/C9H9N3O3/c1-15-6-2-3-7-8(4-6)11-12(10-7)5-9(13)14/h2-4H,5H2,1H3,(H,13,14). The van der Waals surface area contributed by atoms with Gasteiger partial charge in [-0.2, -0.15) is 15.0 Å². The number of nitrogens with zero attached hydrogens (tertiary/aromatic N) is 3. The lowest BCUT2D eigenvalue weighted by Gasteiger charge is -1.95. The lowest BCUT2D eigenvalue weighted by molar-refractivity contribution is -0.138. The van der Waals surface area contributed by atoms with Crippen LogP contribution in [0.5, 0.6) is 5.75 Å². The molecule has 0 bridgehead atoms. The number of fused-ring (bicyclic) bond motifs is 1. The van der Waals surface area contributed by atoms with Crippen LogP contribution < -0.4 is 4.74 Å². The fourth-order valence-corrected chi connectivity index (χ4v) is 1.26. The summed E-state index contributed by atoms with van der Waals surface area (Å²) in [5.41, 5.74) is 1.27. The fraction of sp³-hybridized carbons (Fsp3) is 0.222. The minimum absolute atomic E-state index is 0.239. The van der Waals surface area contributed by atoms with E-state index in [1.54, 1.807) is 25.3 Å². The van der Waals surface area contributed by atoms with E-state index in [2.05, 4.69) is 10.2 Å². The second-order valence-electron chi connectivity index (χ2n) is 2.98. The number of benzene rings is 1. The van der Waals surface area contributed by atoms with Gasteiger partial charge < -0.3 is 9.84 Å². The van der Waals surface area contributed by atoms with Gasteiger partial charge in [-0.05, 0) is 12.1 Å². The van der Waals surface area contributed by atoms with Gasteiger partial charge in [0, 0.05) is 6.07 Å². The van der Waals surface area contributed by atoms with Gasteiger partial charge in [-0.1, -0.05) is 0 Å². The third kappa shape index (κ3) is 1.88. The van der Waals surface area contributed by atoms with Gasteiger partial charge in [0.05, 0.1) is 7.11 Å². The predicted octanol–water partition coefficient (Wildman–Crippen LogP) is 0.524. The molecule has 0 unspecified atom stereocenters. The van der Waals surface area contributed by atoms with Gasteiger partial charge >= 0.3 is 5.97 Å². The number of methoxy groups -OCH3 is 1. The molecule has 0 spiro atoms. The van der Waals surface area contributed by atoms with E-state index < -0.39 is 5.97 Å². The second kappa shape index (κ2) is 3.56. The molecule has 6 nitrogen and oxygen atoms in total. The molecule has 0 aliphatic heterocycles. The molecular weight excluding hydrogens is 198 g/mol. The SMILES string of the molecule is COc1ccc2nn(CC(=O)O)nc2c1. The van der Waals surface area contributed by atoms with Crippen molar-refractivity contribution in [1.82, 2.24) is 15.0 Å². The number of hydrogen-bond acceptors (Lipinski definition) is 4. The van der Waals surface area contributed by atoms with Crippen LogP contribution in [-0.2, 0) is 11.3 Å². The van der Waals surface area contributed by atoms with Crippen LogP contribution in [0.25, 0.3) is 11.0 Å². The molecule has 2 rings (SSSR count). The molecule has 0 radical (unpaired) electrons. The summed E-state index contributed by atoms with van der Waals surface area (Å²) in [6.07, 6.45) is 0. The summed E-state index contributed by atoms with van der Waals surface area (Å²) in [6.45, 7) is -0.239. The van der Waals surface area contributed by atoms with E-state index in [9.17, 15) is 4.79 Å². The Labute approximate surface area is 85.1 Å². The number of aliphatic carboxylic acids is 1. The number of aromatic nitrogens is 3. The highest BCUT2D eigenvalue weighted by atomic mass is 16.5. The van der Waals surface area contributed by atoms with Gasteiger partial charge in [-0.15, -0.1) is 0 Å². The molecule has 78 valence electrons. The quantitative estimate of drug-likeness (QED) is 0.794. The zero-order valence-corrected chi connectivity index (χ0v) is 8.04. The Morgan fingerprint density at radius 3 is 2.87 bits per heavy atom. The number of carboxylic acids is 1. The third-order valence-corrected chi connectivity index (χ3v) is 1.91. The molecule has 0 atom stereocenters. The second-order valence-corrected chi connectivity index (χ2v) is 2.98. The highest BCUT2D eigenvalue weighted by molar-refractivity contribution is 5.75. The minimum atomic E-state index is -0.970. The maximum atomic E-state index is 10.4. The summed E-state index contributed by atoms with van der Waals surface area (Å²) in [4.78, 5) is 11.6. The normalized spacial score (nSPS) is 10.5. The number of carbonyl (C=O) groups is 1. The van der Waals surface area contributed by atoms with Crippen molar-refractivity contribution >= 4 is 17.0 Å². The monoisotopic (exact) mass is 207 g/mol. The van der Waals surface area contributed by atoms with Crippen molar-refractivity contribution in [3.05, 3.63) is 18.2 Å². The minimum Gasteiger partial charge on any atom is -0.497 e. The molecule has 0 aliphatic carbocycles. The smallest absolute Gasteiger partial charge is 0.327 e. The van der Waals surface area contributed by atoms with Crippen LogP contribution in [0.4, 0.5) is 0 Å². The predicted molar refractivity (Wildman–Crippen MR) is 51.7 cm³/mol. The summed E-state index contributed by atoms with van der Waals surface area (Å²) in [5.74, 6) is -0.299. The first-order valence-electron chi connectivity index (χ1n) is 4.30. The van der Waals surface area contributed by atoms with Crippen molar-refractivity contribution in [1.29, 1.82) is 0 Å². The Morgan fingerprint density at radius 2 is 2.20 bits per heavy atom. The van der Waals surface area contributed by atoms with Crippen LogP contribution in [-0.4, -0.2) is 33.2 Å². The molecule has 1 heterocycles. The van der Waals surface area contributed by atoms with Crippen molar-refractivity contribution in [3.63, 3.8) is 0 Å². The highest BCUT2D eigenvalue weighted by Gasteiger charge is 2.06. The zero-order valence-electron chi connectivity index (χ0n) is 8.04. The molecule has 1 aromatic carbocycles. The Morgan fingerprint density at radius 1 is 1.47 bits per heavy atom. The van der Waals surface area contributed by atoms with Crippen LogP contribution in [0.3, 0.4) is 0 Å². The van der Waals surface area contributed by atoms with Crippen LogP contribution in [0.2, 0.25) is 0 Å². The highest BCUT2D eigenvalue weighted by Crippen LogP contribution is 2.16. The van der Waals surface area contributed by atoms with E-state index in [1.165, 1.54) is 0 Å². The first kappa shape index (κ1) is 9.45. The Kier molecular flexibility index (Phi) is 2.24. The van der Waals surface area contributed by atoms with Crippen molar-refractivity contribution in [2.45, 2.75) is 6.54 Å². The van der Waals surface area contributed by atoms with Gasteiger partial charge in [0.1, 0.15) is 16.8 Å². The van der Waals surface area contributed by atoms with E-state index >= 15 is 0 Å². The molecule has 0 saturated heterocycles. The van der Waals surface area contributed by atoms with Crippen molar-refractivity contribution < 1.29 is 14.6 Å². The molecule has 0 fully saturated rings. The number of hydrogen-bond donors (Lipinski definition) is 1. The van der Waals surface area contributed by atoms with Crippen LogP contribution >= 0.6 is 0 Å². The van der Waals surface area contributed by atoms with Crippen LogP contribution in [0.1, 0.15) is 0 Å². The number of carboxylic acid groups (broad SMARTS) is 1. The van der Waals surface area contributed by atoms with Crippen molar-refractivity contribution in [3.8, 4) is 5.75 Å². The average molecular weight is 207 g/mol. The molecular formula is C9H9N3O3. The summed E-state index contributed by atoms with van der Waals surface area (Å²) >= 11 is 0. The molecule has 15 heavy (non-hydrogen) atoms. The largest absolute Gasteiger partial charge is 0.497 e. The first-order chi connectivity index (χ1) is 7.19. The van der Waals surface area contributed by atoms with Gasteiger partial charge in [-0.3, -0.25) is 4.79 Å². The molecule has 0 amide bonds. The fourth-order valence-electron chi connectivity index (χ4n) is 1.26. The topological polar surface area (TPSA) is 77.2 Å². The lowest BCUT2D eigenvalue weighted by atomic mass is 10.3. The summed E-state index contributed by atoms with van der Waals surface area (Å²) in [7, 11) is 1.56. The van der Waals surface area contributed by atoms with Gasteiger partial charge in [0.15, 0.2) is 6.54 Å². The zero-order chi connectivity index (χ0) is 10.8. The summed E-state index contributed by atoms with van der Waals surface area (Å²) < 4.78 is 5.02. The Hall–Kier alpha value is -2.11. The number of ether oxygens (including phenoxy) is 1. The molecule has 0 saturated carbocycles. The maximum absolute atomic E-state index is 10.4. The molecule has 2 aromatic rings. The van der Waals surface area contributed by atoms with E-state index in [0.29, 0.717) is 16.8 Å². The van der Waals surface area contributed by atoms with E-state index in [4.69, 9.17) is 9.84 Å². The molecule has 0 aliphatic rings. The molecule has 6 heteroatoms. The lowest BCUT2D eigenvalue weighted by Crippen LogP contribution is -2.11. The third-order valence-electron chi connectivity index (χ3n) is 1.91. The number of rotatable bonds is 3. The van der Waals surface area contributed by atoms with Gasteiger partial charge in [-0.25, -0.2) is 0 Å².